The Kier molecular flexibility index (Phi) is 4.95. The summed E-state index contributed by atoms with van der Waals surface area (Å²) < 4.78 is 18.3. The molecule has 0 aliphatic rings. The van der Waals surface area contributed by atoms with Crippen molar-refractivity contribution in [3.8, 4) is 17.0 Å². The molecule has 1 amide bonds. The lowest BCUT2D eigenvalue weighted by molar-refractivity contribution is 0.102. The number of nitrogens with one attached hydrogen (secondary N) is 1. The molecule has 3 aromatic rings. The SMILES string of the molecule is COc1ccc(NC(=O)c2ccc(-c3cccc(F)c3)nc2)cc1Cl. The molecule has 0 fully saturated rings. The van der Waals surface area contributed by atoms with E-state index in [0.717, 1.165) is 0 Å². The van der Waals surface area contributed by atoms with E-state index < -0.39 is 0 Å². The predicted octanol–water partition coefficient (Wildman–Crippen LogP) is 4.80. The van der Waals surface area contributed by atoms with Crippen molar-refractivity contribution in [2.24, 2.45) is 0 Å². The van der Waals surface area contributed by atoms with Gasteiger partial charge in [0.1, 0.15) is 11.6 Å². The molecule has 0 aliphatic heterocycles. The number of ether oxygens (including phenoxy) is 1. The number of nitrogens with zero attached hydrogens (tertiary/aromatic N) is 1. The average molecular weight is 357 g/mol. The number of hydrogen-bond acceptors (Lipinski definition) is 3. The van der Waals surface area contributed by atoms with Crippen LogP contribution < -0.4 is 10.1 Å². The van der Waals surface area contributed by atoms with Gasteiger partial charge in [0.25, 0.3) is 5.91 Å². The number of aromatic nitrogens is 1. The van der Waals surface area contributed by atoms with Gasteiger partial charge < -0.3 is 10.1 Å². The zero-order valence-corrected chi connectivity index (χ0v) is 14.0. The van der Waals surface area contributed by atoms with Crippen molar-refractivity contribution in [1.29, 1.82) is 0 Å². The van der Waals surface area contributed by atoms with Crippen molar-refractivity contribution in [1.82, 2.24) is 4.98 Å². The lowest BCUT2D eigenvalue weighted by Crippen LogP contribution is -2.12. The maximum Gasteiger partial charge on any atom is 0.257 e. The van der Waals surface area contributed by atoms with Gasteiger partial charge in [-0.25, -0.2) is 4.39 Å². The first-order chi connectivity index (χ1) is 12.1. The zero-order chi connectivity index (χ0) is 17.8. The van der Waals surface area contributed by atoms with E-state index >= 15 is 0 Å². The Balaban J connectivity index is 1.76. The normalized spacial score (nSPS) is 10.4. The van der Waals surface area contributed by atoms with Crippen molar-refractivity contribution in [2.75, 3.05) is 12.4 Å². The summed E-state index contributed by atoms with van der Waals surface area (Å²) in [5.41, 5.74) is 2.16. The monoisotopic (exact) mass is 356 g/mol. The second-order valence-corrected chi connectivity index (χ2v) is 5.65. The van der Waals surface area contributed by atoms with E-state index in [9.17, 15) is 9.18 Å². The molecular formula is C19H14ClFN2O2. The summed E-state index contributed by atoms with van der Waals surface area (Å²) >= 11 is 6.04. The number of methoxy groups -OCH3 is 1. The minimum Gasteiger partial charge on any atom is -0.495 e. The molecule has 0 radical (unpaired) electrons. The van der Waals surface area contributed by atoms with Crippen LogP contribution in [0.4, 0.5) is 10.1 Å². The summed E-state index contributed by atoms with van der Waals surface area (Å²) in [7, 11) is 1.52. The first-order valence-corrected chi connectivity index (χ1v) is 7.81. The van der Waals surface area contributed by atoms with Gasteiger partial charge in [0.05, 0.1) is 23.4 Å². The van der Waals surface area contributed by atoms with Crippen LogP contribution in [-0.4, -0.2) is 18.0 Å². The molecule has 0 atom stereocenters. The zero-order valence-electron chi connectivity index (χ0n) is 13.3. The number of benzene rings is 2. The average Bonchev–Trinajstić information content (AvgIpc) is 2.62. The van der Waals surface area contributed by atoms with Crippen molar-refractivity contribution in [2.45, 2.75) is 0 Å². The van der Waals surface area contributed by atoms with Crippen molar-refractivity contribution in [3.63, 3.8) is 0 Å². The van der Waals surface area contributed by atoms with E-state index in [4.69, 9.17) is 16.3 Å². The quantitative estimate of drug-likeness (QED) is 0.730. The molecule has 126 valence electrons. The maximum atomic E-state index is 13.3. The molecule has 0 saturated heterocycles. The van der Waals surface area contributed by atoms with E-state index in [2.05, 4.69) is 10.3 Å². The van der Waals surface area contributed by atoms with Gasteiger partial charge in [0.2, 0.25) is 0 Å². The highest BCUT2D eigenvalue weighted by atomic mass is 35.5. The Morgan fingerprint density at radius 3 is 2.64 bits per heavy atom. The Bertz CT molecular complexity index is 914. The van der Waals surface area contributed by atoms with Gasteiger partial charge in [-0.15, -0.1) is 0 Å². The van der Waals surface area contributed by atoms with E-state index in [1.165, 1.54) is 25.4 Å². The number of halogens is 2. The van der Waals surface area contributed by atoms with Crippen LogP contribution in [0.15, 0.2) is 60.8 Å². The molecule has 1 aromatic heterocycles. The number of hydrogen-bond donors (Lipinski definition) is 1. The highest BCUT2D eigenvalue weighted by Crippen LogP contribution is 2.27. The first kappa shape index (κ1) is 16.9. The van der Waals surface area contributed by atoms with Gasteiger partial charge in [0.15, 0.2) is 0 Å². The largest absolute Gasteiger partial charge is 0.495 e. The van der Waals surface area contributed by atoms with Crippen molar-refractivity contribution < 1.29 is 13.9 Å². The molecule has 0 bridgehead atoms. The number of carbonyl (C=O) groups is 1. The molecule has 4 nitrogen and oxygen atoms in total. The van der Waals surface area contributed by atoms with Gasteiger partial charge in [0, 0.05) is 17.4 Å². The minimum atomic E-state index is -0.336. The molecule has 6 heteroatoms. The Hall–Kier alpha value is -2.92. The van der Waals surface area contributed by atoms with Crippen LogP contribution in [0.2, 0.25) is 5.02 Å². The fraction of sp³-hybridized carbons (Fsp3) is 0.0526. The number of anilines is 1. The molecule has 0 spiro atoms. The van der Waals surface area contributed by atoms with Crippen LogP contribution in [0.5, 0.6) is 5.75 Å². The molecule has 3 rings (SSSR count). The smallest absolute Gasteiger partial charge is 0.257 e. The molecule has 1 heterocycles. The topological polar surface area (TPSA) is 51.2 Å². The number of amides is 1. The standard InChI is InChI=1S/C19H14ClFN2O2/c1-25-18-8-6-15(10-16(18)20)23-19(24)13-5-7-17(22-11-13)12-3-2-4-14(21)9-12/h2-11H,1H3,(H,23,24). The molecule has 0 aliphatic carbocycles. The molecule has 25 heavy (non-hydrogen) atoms. The van der Waals surface area contributed by atoms with Crippen molar-refractivity contribution in [3.05, 3.63) is 77.2 Å². The molecule has 0 saturated carbocycles. The van der Waals surface area contributed by atoms with E-state index in [1.54, 1.807) is 42.5 Å². The van der Waals surface area contributed by atoms with Crippen LogP contribution in [0.3, 0.4) is 0 Å². The number of carbonyl (C=O) groups excluding carboxylic acids is 1. The van der Waals surface area contributed by atoms with Crippen LogP contribution >= 0.6 is 11.6 Å². The highest BCUT2D eigenvalue weighted by molar-refractivity contribution is 6.32. The summed E-state index contributed by atoms with van der Waals surface area (Å²) in [6.45, 7) is 0. The van der Waals surface area contributed by atoms with Gasteiger partial charge >= 0.3 is 0 Å². The first-order valence-electron chi connectivity index (χ1n) is 7.44. The van der Waals surface area contributed by atoms with Crippen LogP contribution in [-0.2, 0) is 0 Å². The third kappa shape index (κ3) is 3.95. The second kappa shape index (κ2) is 7.32. The van der Waals surface area contributed by atoms with Crippen molar-refractivity contribution >= 4 is 23.2 Å². The minimum absolute atomic E-state index is 0.320. The molecular weight excluding hydrogens is 343 g/mol. The maximum absolute atomic E-state index is 13.3. The van der Waals surface area contributed by atoms with Gasteiger partial charge in [-0.2, -0.15) is 0 Å². The highest BCUT2D eigenvalue weighted by Gasteiger charge is 2.09. The lowest BCUT2D eigenvalue weighted by atomic mass is 10.1. The van der Waals surface area contributed by atoms with E-state index in [-0.39, 0.29) is 11.7 Å². The third-order valence-corrected chi connectivity index (χ3v) is 3.85. The Morgan fingerprint density at radius 1 is 1.16 bits per heavy atom. The van der Waals surface area contributed by atoms with Crippen LogP contribution in [0.25, 0.3) is 11.3 Å². The summed E-state index contributed by atoms with van der Waals surface area (Å²) in [6, 6.07) is 14.4. The van der Waals surface area contributed by atoms with Gasteiger partial charge in [-0.05, 0) is 42.5 Å². The molecule has 2 aromatic carbocycles. The summed E-state index contributed by atoms with van der Waals surface area (Å²) in [5.74, 6) is -0.127. The van der Waals surface area contributed by atoms with Crippen LogP contribution in [0, 0.1) is 5.82 Å². The summed E-state index contributed by atoms with van der Waals surface area (Å²) in [6.07, 6.45) is 1.45. The molecule has 0 unspecified atom stereocenters. The summed E-state index contributed by atoms with van der Waals surface area (Å²) in [4.78, 5) is 16.5. The fourth-order valence-corrected chi connectivity index (χ4v) is 2.55. The lowest BCUT2D eigenvalue weighted by Gasteiger charge is -2.08. The van der Waals surface area contributed by atoms with Gasteiger partial charge in [-0.1, -0.05) is 23.7 Å². The second-order valence-electron chi connectivity index (χ2n) is 5.25. The van der Waals surface area contributed by atoms with E-state index in [0.29, 0.717) is 33.3 Å². The van der Waals surface area contributed by atoms with E-state index in [1.807, 2.05) is 0 Å². The van der Waals surface area contributed by atoms with Gasteiger partial charge in [-0.3, -0.25) is 9.78 Å². The number of pyridine rings is 1. The third-order valence-electron chi connectivity index (χ3n) is 3.56. The molecule has 1 N–H and O–H groups in total. The summed E-state index contributed by atoms with van der Waals surface area (Å²) in [5, 5.41) is 3.14. The number of rotatable bonds is 4. The Labute approximate surface area is 149 Å². The Morgan fingerprint density at radius 2 is 2.00 bits per heavy atom. The predicted molar refractivity (Wildman–Crippen MR) is 95.6 cm³/mol. The van der Waals surface area contributed by atoms with Crippen LogP contribution in [0.1, 0.15) is 10.4 Å². The fourth-order valence-electron chi connectivity index (χ4n) is 2.29.